The number of aryl methyl sites for hydroxylation is 1. The first-order chi connectivity index (χ1) is 18.5. The largest absolute Gasteiger partial charge is 0.351 e. The van der Waals surface area contributed by atoms with Gasteiger partial charge in [-0.2, -0.15) is 4.80 Å². The van der Waals surface area contributed by atoms with E-state index in [9.17, 15) is 14.0 Å². The van der Waals surface area contributed by atoms with Gasteiger partial charge in [-0.3, -0.25) is 19.5 Å². The van der Waals surface area contributed by atoms with Crippen molar-refractivity contribution in [3.63, 3.8) is 0 Å². The molecule has 0 radical (unpaired) electrons. The van der Waals surface area contributed by atoms with Crippen LogP contribution < -0.4 is 10.2 Å². The quantitative estimate of drug-likeness (QED) is 0.382. The summed E-state index contributed by atoms with van der Waals surface area (Å²) in [5, 5.41) is 15.5. The highest BCUT2D eigenvalue weighted by atomic mass is 19.1. The Morgan fingerprint density at radius 2 is 1.71 bits per heavy atom. The van der Waals surface area contributed by atoms with Gasteiger partial charge < -0.3 is 5.32 Å². The number of halogens is 1. The lowest BCUT2D eigenvalue weighted by molar-refractivity contribution is -0.127. The molecular weight excluding hydrogens is 485 g/mol. The lowest BCUT2D eigenvalue weighted by Gasteiger charge is -2.32. The minimum atomic E-state index is -0.922. The fraction of sp³-hybridized carbons (Fsp3) is 0.286. The van der Waals surface area contributed by atoms with E-state index in [1.54, 1.807) is 36.7 Å². The standard InChI is InChI=1S/C28H28FN7O2/c1-19-6-12-24(13-7-19)36(25(37)18-35-33-27(32-34-35)21-8-10-22(29)11-9-21)26(20-14-16-30-17-15-20)28(38)31-23-4-2-3-5-23/h6-17,23,26H,2-5,18H2,1H3,(H,31,38)/t26-/m1/s1. The first-order valence-electron chi connectivity index (χ1n) is 12.6. The van der Waals surface area contributed by atoms with Crippen LogP contribution in [0.1, 0.15) is 42.9 Å². The second-order valence-corrected chi connectivity index (χ2v) is 9.42. The summed E-state index contributed by atoms with van der Waals surface area (Å²) in [6.45, 7) is 1.71. The number of carbonyl (C=O) groups excluding carboxylic acids is 2. The van der Waals surface area contributed by atoms with Crippen molar-refractivity contribution in [3.05, 3.63) is 90.0 Å². The Hall–Kier alpha value is -4.47. The van der Waals surface area contributed by atoms with Crippen molar-refractivity contribution >= 4 is 17.5 Å². The highest BCUT2D eigenvalue weighted by Gasteiger charge is 2.34. The van der Waals surface area contributed by atoms with Crippen molar-refractivity contribution in [1.29, 1.82) is 0 Å². The van der Waals surface area contributed by atoms with Gasteiger partial charge in [0, 0.05) is 29.7 Å². The average molecular weight is 514 g/mol. The third-order valence-corrected chi connectivity index (χ3v) is 6.64. The first kappa shape index (κ1) is 25.2. The Labute approximate surface area is 219 Å². The maximum Gasteiger partial charge on any atom is 0.251 e. The SMILES string of the molecule is Cc1ccc(N(C(=O)Cn2nnc(-c3ccc(F)cc3)n2)[C@@H](C(=O)NC2CCCC2)c2ccncc2)cc1. The summed E-state index contributed by atoms with van der Waals surface area (Å²) in [4.78, 5) is 34.4. The van der Waals surface area contributed by atoms with E-state index >= 15 is 0 Å². The number of benzene rings is 2. The van der Waals surface area contributed by atoms with Crippen LogP contribution in [-0.2, 0) is 16.1 Å². The minimum absolute atomic E-state index is 0.0806. The molecule has 0 unspecified atom stereocenters. The van der Waals surface area contributed by atoms with Gasteiger partial charge in [-0.1, -0.05) is 30.5 Å². The number of amides is 2. The fourth-order valence-electron chi connectivity index (χ4n) is 4.68. The summed E-state index contributed by atoms with van der Waals surface area (Å²) in [7, 11) is 0. The van der Waals surface area contributed by atoms with Gasteiger partial charge in [0.15, 0.2) is 0 Å². The zero-order valence-electron chi connectivity index (χ0n) is 21.0. The third kappa shape index (κ3) is 5.74. The van der Waals surface area contributed by atoms with Gasteiger partial charge >= 0.3 is 0 Å². The van der Waals surface area contributed by atoms with E-state index in [1.807, 2.05) is 31.2 Å². The van der Waals surface area contributed by atoms with Crippen LogP contribution in [0.2, 0.25) is 0 Å². The molecule has 1 aliphatic carbocycles. The van der Waals surface area contributed by atoms with Crippen LogP contribution in [0.5, 0.6) is 0 Å². The molecule has 1 atom stereocenters. The monoisotopic (exact) mass is 513 g/mol. The molecule has 2 aromatic heterocycles. The molecule has 10 heteroatoms. The topological polar surface area (TPSA) is 106 Å². The van der Waals surface area contributed by atoms with Gasteiger partial charge in [-0.15, -0.1) is 10.2 Å². The molecule has 5 rings (SSSR count). The summed E-state index contributed by atoms with van der Waals surface area (Å²) in [6, 6.07) is 15.8. The van der Waals surface area contributed by atoms with E-state index in [1.165, 1.54) is 21.8 Å². The number of pyridine rings is 1. The van der Waals surface area contributed by atoms with Gasteiger partial charge in [0.25, 0.3) is 5.91 Å². The molecule has 2 heterocycles. The van der Waals surface area contributed by atoms with E-state index in [-0.39, 0.29) is 36.0 Å². The third-order valence-electron chi connectivity index (χ3n) is 6.64. The van der Waals surface area contributed by atoms with Crippen LogP contribution in [-0.4, -0.2) is 43.0 Å². The van der Waals surface area contributed by atoms with Crippen LogP contribution in [0, 0.1) is 12.7 Å². The van der Waals surface area contributed by atoms with Crippen LogP contribution >= 0.6 is 0 Å². The van der Waals surface area contributed by atoms with Crippen molar-refractivity contribution in [2.24, 2.45) is 0 Å². The van der Waals surface area contributed by atoms with Crippen LogP contribution in [0.15, 0.2) is 73.1 Å². The van der Waals surface area contributed by atoms with Crippen molar-refractivity contribution in [2.45, 2.75) is 51.2 Å². The van der Waals surface area contributed by atoms with Crippen LogP contribution in [0.3, 0.4) is 0 Å². The normalized spacial score (nSPS) is 14.3. The van der Waals surface area contributed by atoms with Gasteiger partial charge in [0.1, 0.15) is 18.4 Å². The molecule has 38 heavy (non-hydrogen) atoms. The van der Waals surface area contributed by atoms with E-state index < -0.39 is 6.04 Å². The highest BCUT2D eigenvalue weighted by molar-refractivity contribution is 6.01. The summed E-state index contributed by atoms with van der Waals surface area (Å²) >= 11 is 0. The summed E-state index contributed by atoms with van der Waals surface area (Å²) in [6.07, 6.45) is 7.19. The molecule has 0 spiro atoms. The number of tetrazole rings is 1. The van der Waals surface area contributed by atoms with Crippen molar-refractivity contribution in [3.8, 4) is 11.4 Å². The van der Waals surface area contributed by atoms with E-state index in [0.717, 1.165) is 31.2 Å². The van der Waals surface area contributed by atoms with Gasteiger partial charge in [-0.05, 0) is 79.1 Å². The maximum atomic E-state index is 13.9. The number of nitrogens with zero attached hydrogens (tertiary/aromatic N) is 6. The van der Waals surface area contributed by atoms with E-state index in [4.69, 9.17) is 0 Å². The summed E-state index contributed by atoms with van der Waals surface area (Å²) in [5.74, 6) is -0.747. The Kier molecular flexibility index (Phi) is 7.48. The lowest BCUT2D eigenvalue weighted by Crippen LogP contribution is -2.47. The molecule has 2 amide bonds. The number of rotatable bonds is 8. The molecule has 0 bridgehead atoms. The molecule has 9 nitrogen and oxygen atoms in total. The van der Waals surface area contributed by atoms with Gasteiger partial charge in [0.2, 0.25) is 11.7 Å². The molecule has 1 saturated carbocycles. The average Bonchev–Trinajstić information content (AvgIpc) is 3.61. The predicted molar refractivity (Wildman–Crippen MR) is 139 cm³/mol. The number of carbonyl (C=O) groups is 2. The Morgan fingerprint density at radius 3 is 2.39 bits per heavy atom. The Balaban J connectivity index is 1.48. The molecule has 1 fully saturated rings. The number of aromatic nitrogens is 5. The zero-order valence-corrected chi connectivity index (χ0v) is 21.0. The van der Waals surface area contributed by atoms with E-state index in [0.29, 0.717) is 16.8 Å². The smallest absolute Gasteiger partial charge is 0.251 e. The molecule has 0 aliphatic heterocycles. The van der Waals surface area contributed by atoms with Gasteiger partial charge in [0.05, 0.1) is 0 Å². The van der Waals surface area contributed by atoms with E-state index in [2.05, 4.69) is 25.7 Å². The molecule has 2 aromatic carbocycles. The van der Waals surface area contributed by atoms with Gasteiger partial charge in [-0.25, -0.2) is 4.39 Å². The number of hydrogen-bond acceptors (Lipinski definition) is 6. The molecule has 1 N–H and O–H groups in total. The van der Waals surface area contributed by atoms with Crippen molar-refractivity contribution < 1.29 is 14.0 Å². The molecule has 4 aromatic rings. The fourth-order valence-corrected chi connectivity index (χ4v) is 4.68. The predicted octanol–water partition coefficient (Wildman–Crippen LogP) is 4.02. The highest BCUT2D eigenvalue weighted by Crippen LogP contribution is 2.29. The van der Waals surface area contributed by atoms with Crippen molar-refractivity contribution in [2.75, 3.05) is 4.90 Å². The van der Waals surface area contributed by atoms with Crippen LogP contribution in [0.25, 0.3) is 11.4 Å². The Morgan fingerprint density at radius 1 is 1.03 bits per heavy atom. The number of hydrogen-bond donors (Lipinski definition) is 1. The van der Waals surface area contributed by atoms with Crippen molar-refractivity contribution in [1.82, 2.24) is 30.5 Å². The maximum absolute atomic E-state index is 13.9. The number of nitrogens with one attached hydrogen (secondary N) is 1. The molecule has 1 aliphatic rings. The summed E-state index contributed by atoms with van der Waals surface area (Å²) in [5.41, 5.74) is 2.82. The van der Waals surface area contributed by atoms with Crippen LogP contribution in [0.4, 0.5) is 10.1 Å². The Bertz CT molecular complexity index is 1380. The molecule has 0 saturated heterocycles. The molecular formula is C28H28FN7O2. The lowest BCUT2D eigenvalue weighted by atomic mass is 10.0. The zero-order chi connectivity index (χ0) is 26.5. The summed E-state index contributed by atoms with van der Waals surface area (Å²) < 4.78 is 13.3. The second kappa shape index (κ2) is 11.3. The first-order valence-corrected chi connectivity index (χ1v) is 12.6. The second-order valence-electron chi connectivity index (χ2n) is 9.42. The molecule has 194 valence electrons. The number of anilines is 1. The minimum Gasteiger partial charge on any atom is -0.351 e.